The van der Waals surface area contributed by atoms with E-state index in [1.807, 2.05) is 0 Å². The molecule has 2 aromatic heterocycles. The fourth-order valence-corrected chi connectivity index (χ4v) is 1.13. The topological polar surface area (TPSA) is 79.5 Å². The van der Waals surface area contributed by atoms with E-state index in [9.17, 15) is 9.90 Å². The molecule has 2 rings (SSSR count). The maximum absolute atomic E-state index is 10.6. The molecule has 0 saturated carbocycles. The SMILES string of the molecule is COc1ccc2nnc(C(=O)[O-])n2c1.[Na+]. The molecule has 0 fully saturated rings. The molecule has 0 aliphatic heterocycles. The van der Waals surface area contributed by atoms with Crippen molar-refractivity contribution in [1.82, 2.24) is 14.6 Å². The molecule has 0 aliphatic rings. The van der Waals surface area contributed by atoms with Crippen LogP contribution in [0.1, 0.15) is 10.6 Å². The third-order valence-corrected chi connectivity index (χ3v) is 1.79. The summed E-state index contributed by atoms with van der Waals surface area (Å²) in [7, 11) is 1.49. The van der Waals surface area contributed by atoms with E-state index in [1.54, 1.807) is 12.1 Å². The van der Waals surface area contributed by atoms with E-state index in [0.717, 1.165) is 0 Å². The van der Waals surface area contributed by atoms with Crippen molar-refractivity contribution in [3.8, 4) is 5.75 Å². The first-order valence-corrected chi connectivity index (χ1v) is 3.82. The number of ether oxygens (including phenoxy) is 1. The van der Waals surface area contributed by atoms with Crippen molar-refractivity contribution < 1.29 is 44.2 Å². The first kappa shape index (κ1) is 12.0. The Morgan fingerprint density at radius 3 is 2.80 bits per heavy atom. The Labute approximate surface area is 107 Å². The van der Waals surface area contributed by atoms with Crippen LogP contribution in [0.2, 0.25) is 0 Å². The Morgan fingerprint density at radius 2 is 2.20 bits per heavy atom. The summed E-state index contributed by atoms with van der Waals surface area (Å²) in [4.78, 5) is 10.6. The van der Waals surface area contributed by atoms with Gasteiger partial charge in [0.25, 0.3) is 0 Å². The molecule has 2 aromatic rings. The quantitative estimate of drug-likeness (QED) is 0.478. The van der Waals surface area contributed by atoms with E-state index >= 15 is 0 Å². The van der Waals surface area contributed by atoms with E-state index in [4.69, 9.17) is 4.74 Å². The normalized spacial score (nSPS) is 9.67. The van der Waals surface area contributed by atoms with Crippen LogP contribution in [-0.4, -0.2) is 27.7 Å². The molecule has 0 spiro atoms. The Bertz CT molecular complexity index is 497. The van der Waals surface area contributed by atoms with Crippen LogP contribution in [0.4, 0.5) is 0 Å². The Morgan fingerprint density at radius 1 is 1.47 bits per heavy atom. The van der Waals surface area contributed by atoms with Gasteiger partial charge in [0, 0.05) is 0 Å². The summed E-state index contributed by atoms with van der Waals surface area (Å²) < 4.78 is 6.24. The van der Waals surface area contributed by atoms with Crippen molar-refractivity contribution in [3.63, 3.8) is 0 Å². The molecule has 0 bridgehead atoms. The van der Waals surface area contributed by atoms with Crippen LogP contribution in [0.3, 0.4) is 0 Å². The van der Waals surface area contributed by atoms with Crippen molar-refractivity contribution in [2.45, 2.75) is 0 Å². The smallest absolute Gasteiger partial charge is 0.541 e. The van der Waals surface area contributed by atoms with Gasteiger partial charge in [-0.1, -0.05) is 0 Å². The maximum Gasteiger partial charge on any atom is 1.00 e. The standard InChI is InChI=1S/C8H7N3O3.Na/c1-14-5-2-3-6-9-10-7(8(12)13)11(6)4-5;/h2-4H,1H3,(H,12,13);/q;+1/p-1. The number of pyridine rings is 1. The second-order valence-corrected chi connectivity index (χ2v) is 2.61. The van der Waals surface area contributed by atoms with E-state index in [1.165, 1.54) is 17.7 Å². The Kier molecular flexibility index (Phi) is 3.67. The number of carboxylic acids is 1. The minimum Gasteiger partial charge on any atom is -0.541 e. The summed E-state index contributed by atoms with van der Waals surface area (Å²) in [6, 6.07) is 3.28. The number of rotatable bonds is 2. The number of hydrogen-bond acceptors (Lipinski definition) is 5. The summed E-state index contributed by atoms with van der Waals surface area (Å²) in [5.74, 6) is -1.08. The molecule has 6 nitrogen and oxygen atoms in total. The van der Waals surface area contributed by atoms with Crippen LogP contribution in [0.25, 0.3) is 5.65 Å². The van der Waals surface area contributed by atoms with Crippen molar-refractivity contribution in [3.05, 3.63) is 24.2 Å². The zero-order valence-electron chi connectivity index (χ0n) is 8.30. The monoisotopic (exact) mass is 215 g/mol. The third kappa shape index (κ3) is 2.11. The van der Waals surface area contributed by atoms with Gasteiger partial charge in [-0.25, -0.2) is 0 Å². The van der Waals surface area contributed by atoms with Crippen LogP contribution >= 0.6 is 0 Å². The summed E-state index contributed by atoms with van der Waals surface area (Å²) in [5, 5.41) is 17.7. The van der Waals surface area contributed by atoms with Gasteiger partial charge in [0.05, 0.1) is 13.3 Å². The molecule has 72 valence electrons. The number of carboxylic acid groups (broad SMARTS) is 1. The first-order chi connectivity index (χ1) is 6.72. The minimum absolute atomic E-state index is 0. The summed E-state index contributed by atoms with van der Waals surface area (Å²) in [5.41, 5.74) is 0.435. The summed E-state index contributed by atoms with van der Waals surface area (Å²) >= 11 is 0. The molecule has 0 aliphatic carbocycles. The first-order valence-electron chi connectivity index (χ1n) is 3.82. The number of carbonyl (C=O) groups excluding carboxylic acids is 1. The zero-order valence-corrected chi connectivity index (χ0v) is 10.3. The van der Waals surface area contributed by atoms with Gasteiger partial charge >= 0.3 is 29.6 Å². The number of nitrogens with zero attached hydrogens (tertiary/aromatic N) is 3. The molecule has 7 heteroatoms. The van der Waals surface area contributed by atoms with E-state index in [-0.39, 0.29) is 35.4 Å². The largest absolute Gasteiger partial charge is 1.00 e. The summed E-state index contributed by atoms with van der Waals surface area (Å²) in [6.45, 7) is 0. The molecule has 0 atom stereocenters. The molecule has 0 unspecified atom stereocenters. The van der Waals surface area contributed by atoms with Crippen LogP contribution < -0.4 is 39.4 Å². The van der Waals surface area contributed by atoms with Crippen LogP contribution in [0.5, 0.6) is 5.75 Å². The molecular formula is C8H6N3NaO3. The van der Waals surface area contributed by atoms with Gasteiger partial charge in [-0.15, -0.1) is 10.2 Å². The molecular weight excluding hydrogens is 209 g/mol. The molecule has 0 saturated heterocycles. The number of fused-ring (bicyclic) bond motifs is 1. The number of methoxy groups -OCH3 is 1. The van der Waals surface area contributed by atoms with Crippen LogP contribution in [0.15, 0.2) is 18.3 Å². The van der Waals surface area contributed by atoms with Crippen molar-refractivity contribution >= 4 is 11.6 Å². The average Bonchev–Trinajstić information content (AvgIpc) is 2.59. The third-order valence-electron chi connectivity index (χ3n) is 1.79. The number of carbonyl (C=O) groups is 1. The van der Waals surface area contributed by atoms with Gasteiger partial charge in [-0.3, -0.25) is 4.40 Å². The van der Waals surface area contributed by atoms with Gasteiger partial charge in [-0.05, 0) is 12.1 Å². The molecule has 0 aromatic carbocycles. The van der Waals surface area contributed by atoms with Gasteiger partial charge in [0.15, 0.2) is 11.5 Å². The minimum atomic E-state index is -1.37. The predicted molar refractivity (Wildman–Crippen MR) is 43.9 cm³/mol. The number of aromatic carboxylic acids is 1. The van der Waals surface area contributed by atoms with Gasteiger partial charge < -0.3 is 14.6 Å². The predicted octanol–water partition coefficient (Wildman–Crippen LogP) is -3.89. The van der Waals surface area contributed by atoms with Crippen LogP contribution in [0, 0.1) is 0 Å². The average molecular weight is 215 g/mol. The molecule has 15 heavy (non-hydrogen) atoms. The van der Waals surface area contributed by atoms with Crippen molar-refractivity contribution in [2.75, 3.05) is 7.11 Å². The van der Waals surface area contributed by atoms with Gasteiger partial charge in [-0.2, -0.15) is 0 Å². The zero-order chi connectivity index (χ0) is 10.1. The van der Waals surface area contributed by atoms with Crippen molar-refractivity contribution in [1.29, 1.82) is 0 Å². The number of aromatic nitrogens is 3. The van der Waals surface area contributed by atoms with Gasteiger partial charge in [0.1, 0.15) is 11.7 Å². The van der Waals surface area contributed by atoms with E-state index < -0.39 is 5.97 Å². The van der Waals surface area contributed by atoms with E-state index in [0.29, 0.717) is 11.4 Å². The van der Waals surface area contributed by atoms with Gasteiger partial charge in [0.2, 0.25) is 0 Å². The second-order valence-electron chi connectivity index (χ2n) is 2.61. The summed E-state index contributed by atoms with van der Waals surface area (Å²) in [6.07, 6.45) is 1.49. The number of hydrogen-bond donors (Lipinski definition) is 0. The fraction of sp³-hybridized carbons (Fsp3) is 0.125. The molecule has 0 N–H and O–H groups in total. The van der Waals surface area contributed by atoms with E-state index in [2.05, 4.69) is 10.2 Å². The molecule has 2 heterocycles. The second kappa shape index (κ2) is 4.61. The molecule has 0 radical (unpaired) electrons. The van der Waals surface area contributed by atoms with Crippen LogP contribution in [-0.2, 0) is 0 Å². The Hall–Kier alpha value is -1.11. The van der Waals surface area contributed by atoms with Crippen molar-refractivity contribution in [2.24, 2.45) is 0 Å². The molecule has 0 amide bonds. The fourth-order valence-electron chi connectivity index (χ4n) is 1.13. The Balaban J connectivity index is 0.00000112. The maximum atomic E-state index is 10.6.